The predicted octanol–water partition coefficient (Wildman–Crippen LogP) is 2.62. The van der Waals surface area contributed by atoms with Gasteiger partial charge in [-0.2, -0.15) is 11.8 Å². The first kappa shape index (κ1) is 15.6. The lowest BCUT2D eigenvalue weighted by atomic mass is 9.79. The second kappa shape index (κ2) is 6.09. The second-order valence-electron chi connectivity index (χ2n) is 7.23. The lowest BCUT2D eigenvalue weighted by molar-refractivity contribution is -0.154. The van der Waals surface area contributed by atoms with Crippen LogP contribution < -0.4 is 0 Å². The van der Waals surface area contributed by atoms with E-state index in [0.29, 0.717) is 12.6 Å². The number of ether oxygens (including phenoxy) is 1. The Hall–Kier alpha value is -0.260. The summed E-state index contributed by atoms with van der Waals surface area (Å²) in [6.07, 6.45) is 6.30. The molecule has 2 atom stereocenters. The van der Waals surface area contributed by atoms with Crippen molar-refractivity contribution < 1.29 is 14.6 Å². The summed E-state index contributed by atoms with van der Waals surface area (Å²) in [5.74, 6) is 1.78. The van der Waals surface area contributed by atoms with E-state index in [9.17, 15) is 9.90 Å². The number of carboxylic acid groups (broad SMARTS) is 1. The molecule has 1 N–H and O–H groups in total. The Kier molecular flexibility index (Phi) is 4.53. The molecule has 1 spiro atoms. The molecule has 3 fully saturated rings. The van der Waals surface area contributed by atoms with E-state index in [0.717, 1.165) is 51.7 Å². The van der Waals surface area contributed by atoms with Crippen LogP contribution in [0.5, 0.6) is 0 Å². The third-order valence-corrected chi connectivity index (χ3v) is 6.62. The minimum Gasteiger partial charge on any atom is -0.481 e. The van der Waals surface area contributed by atoms with Gasteiger partial charge in [0.15, 0.2) is 0 Å². The number of hydrogen-bond donors (Lipinski definition) is 1. The summed E-state index contributed by atoms with van der Waals surface area (Å²) in [5.41, 5.74) is -0.475. The molecule has 3 aliphatic heterocycles. The molecule has 2 unspecified atom stereocenters. The Morgan fingerprint density at radius 1 is 1.33 bits per heavy atom. The van der Waals surface area contributed by atoms with Gasteiger partial charge in [-0.15, -0.1) is 0 Å². The monoisotopic (exact) mass is 313 g/mol. The summed E-state index contributed by atoms with van der Waals surface area (Å²) in [6.45, 7) is 4.51. The number of nitrogens with zero attached hydrogens (tertiary/aromatic N) is 1. The summed E-state index contributed by atoms with van der Waals surface area (Å²) >= 11 is 2.03. The molecular weight excluding hydrogens is 286 g/mol. The van der Waals surface area contributed by atoms with E-state index >= 15 is 0 Å². The van der Waals surface area contributed by atoms with E-state index in [1.54, 1.807) is 0 Å². The SMILES string of the molecule is CC1(C(=O)O)CCCN(C2CCOC3(CCSCC3)C2)C1. The molecule has 4 nitrogen and oxygen atoms in total. The van der Waals surface area contributed by atoms with Gasteiger partial charge in [0.1, 0.15) is 0 Å². The zero-order valence-corrected chi connectivity index (χ0v) is 13.8. The van der Waals surface area contributed by atoms with Crippen LogP contribution in [0.2, 0.25) is 0 Å². The Bertz CT molecular complexity index is 391. The number of carbonyl (C=O) groups is 1. The molecule has 0 saturated carbocycles. The normalized spacial score (nSPS) is 37.5. The smallest absolute Gasteiger partial charge is 0.310 e. The topological polar surface area (TPSA) is 49.8 Å². The van der Waals surface area contributed by atoms with Crippen LogP contribution in [0.25, 0.3) is 0 Å². The number of aliphatic carboxylic acids is 1. The van der Waals surface area contributed by atoms with Gasteiger partial charge < -0.3 is 9.84 Å². The quantitative estimate of drug-likeness (QED) is 0.849. The van der Waals surface area contributed by atoms with E-state index in [2.05, 4.69) is 4.90 Å². The largest absolute Gasteiger partial charge is 0.481 e. The Labute approximate surface area is 131 Å². The number of piperidine rings is 1. The van der Waals surface area contributed by atoms with Crippen LogP contribution in [0.3, 0.4) is 0 Å². The summed E-state index contributed by atoms with van der Waals surface area (Å²) < 4.78 is 6.17. The van der Waals surface area contributed by atoms with Crippen LogP contribution in [0.1, 0.15) is 45.4 Å². The molecule has 0 aromatic rings. The van der Waals surface area contributed by atoms with Gasteiger partial charge in [-0.05, 0) is 63.5 Å². The van der Waals surface area contributed by atoms with Crippen molar-refractivity contribution >= 4 is 17.7 Å². The molecule has 120 valence electrons. The van der Waals surface area contributed by atoms with Crippen molar-refractivity contribution in [2.45, 2.75) is 57.1 Å². The average molecular weight is 313 g/mol. The molecule has 0 aromatic heterocycles. The Balaban J connectivity index is 1.67. The molecule has 3 aliphatic rings. The highest BCUT2D eigenvalue weighted by molar-refractivity contribution is 7.99. The molecule has 0 bridgehead atoms. The number of rotatable bonds is 2. The summed E-state index contributed by atoms with van der Waals surface area (Å²) in [7, 11) is 0. The van der Waals surface area contributed by atoms with Crippen molar-refractivity contribution in [1.29, 1.82) is 0 Å². The second-order valence-corrected chi connectivity index (χ2v) is 8.46. The molecule has 0 radical (unpaired) electrons. The Morgan fingerprint density at radius 2 is 2.10 bits per heavy atom. The van der Waals surface area contributed by atoms with Crippen molar-refractivity contribution in [3.63, 3.8) is 0 Å². The van der Waals surface area contributed by atoms with Crippen molar-refractivity contribution in [2.75, 3.05) is 31.2 Å². The van der Waals surface area contributed by atoms with Gasteiger partial charge in [0.2, 0.25) is 0 Å². The van der Waals surface area contributed by atoms with Gasteiger partial charge in [-0.25, -0.2) is 0 Å². The Morgan fingerprint density at radius 3 is 2.81 bits per heavy atom. The van der Waals surface area contributed by atoms with Gasteiger partial charge in [0.05, 0.1) is 11.0 Å². The lowest BCUT2D eigenvalue weighted by Crippen LogP contribution is -2.55. The first-order chi connectivity index (χ1) is 10.0. The maximum Gasteiger partial charge on any atom is 0.310 e. The predicted molar refractivity (Wildman–Crippen MR) is 84.8 cm³/mol. The highest BCUT2D eigenvalue weighted by Gasteiger charge is 2.44. The fourth-order valence-corrected chi connectivity index (χ4v) is 5.41. The molecule has 3 rings (SSSR count). The maximum absolute atomic E-state index is 11.5. The van der Waals surface area contributed by atoms with Crippen LogP contribution in [0.15, 0.2) is 0 Å². The number of likely N-dealkylation sites (tertiary alicyclic amines) is 1. The lowest BCUT2D eigenvalue weighted by Gasteiger charge is -2.49. The molecule has 0 aliphatic carbocycles. The summed E-state index contributed by atoms with van der Waals surface area (Å²) in [6, 6.07) is 0.515. The van der Waals surface area contributed by atoms with Crippen LogP contribution in [-0.4, -0.2) is 58.8 Å². The highest BCUT2D eigenvalue weighted by Crippen LogP contribution is 2.40. The van der Waals surface area contributed by atoms with Crippen molar-refractivity contribution in [2.24, 2.45) is 5.41 Å². The van der Waals surface area contributed by atoms with Crippen LogP contribution >= 0.6 is 11.8 Å². The first-order valence-corrected chi connectivity index (χ1v) is 9.38. The summed E-state index contributed by atoms with van der Waals surface area (Å²) in [4.78, 5) is 14.0. The number of thioether (sulfide) groups is 1. The molecular formula is C16H27NO3S. The van der Waals surface area contributed by atoms with Crippen molar-refractivity contribution in [3.8, 4) is 0 Å². The minimum absolute atomic E-state index is 0.0885. The molecule has 5 heteroatoms. The van der Waals surface area contributed by atoms with Gasteiger partial charge >= 0.3 is 5.97 Å². The van der Waals surface area contributed by atoms with E-state index in [-0.39, 0.29) is 5.60 Å². The van der Waals surface area contributed by atoms with Crippen molar-refractivity contribution in [1.82, 2.24) is 4.90 Å². The molecule has 21 heavy (non-hydrogen) atoms. The summed E-state index contributed by atoms with van der Waals surface area (Å²) in [5, 5.41) is 9.50. The third-order valence-electron chi connectivity index (χ3n) is 5.63. The van der Waals surface area contributed by atoms with Crippen molar-refractivity contribution in [3.05, 3.63) is 0 Å². The maximum atomic E-state index is 11.5. The van der Waals surface area contributed by atoms with Crippen LogP contribution in [0.4, 0.5) is 0 Å². The van der Waals surface area contributed by atoms with Gasteiger partial charge in [0, 0.05) is 19.2 Å². The zero-order valence-electron chi connectivity index (χ0n) is 13.0. The van der Waals surface area contributed by atoms with Gasteiger partial charge in [-0.3, -0.25) is 9.69 Å². The van der Waals surface area contributed by atoms with E-state index in [1.165, 1.54) is 11.5 Å². The van der Waals surface area contributed by atoms with E-state index in [1.807, 2.05) is 18.7 Å². The molecule has 3 saturated heterocycles. The van der Waals surface area contributed by atoms with E-state index in [4.69, 9.17) is 4.74 Å². The average Bonchev–Trinajstić information content (AvgIpc) is 2.48. The van der Waals surface area contributed by atoms with E-state index < -0.39 is 11.4 Å². The molecule has 0 amide bonds. The zero-order chi connectivity index (χ0) is 14.9. The van der Waals surface area contributed by atoms with Gasteiger partial charge in [-0.1, -0.05) is 0 Å². The first-order valence-electron chi connectivity index (χ1n) is 8.22. The molecule has 3 heterocycles. The molecule has 0 aromatic carbocycles. The fraction of sp³-hybridized carbons (Fsp3) is 0.938. The number of hydrogen-bond acceptors (Lipinski definition) is 4. The standard InChI is InChI=1S/C16H27NO3S/c1-15(14(18)19)4-2-7-17(12-15)13-3-8-20-16(11-13)5-9-21-10-6-16/h13H,2-12H2,1H3,(H,18,19). The minimum atomic E-state index is -0.636. The fourth-order valence-electron chi connectivity index (χ4n) is 4.17. The van der Waals surface area contributed by atoms with Crippen LogP contribution in [0, 0.1) is 5.41 Å². The highest BCUT2D eigenvalue weighted by atomic mass is 32.2. The van der Waals surface area contributed by atoms with Gasteiger partial charge in [0.25, 0.3) is 0 Å². The number of carboxylic acids is 1. The third kappa shape index (κ3) is 3.25. The van der Waals surface area contributed by atoms with Crippen LogP contribution in [-0.2, 0) is 9.53 Å².